The Kier molecular flexibility index (Phi) is 5.57. The maximum Gasteiger partial charge on any atom is 0.321 e. The molecular weight excluding hydrogens is 270 g/mol. The lowest BCUT2D eigenvalue weighted by molar-refractivity contribution is -0.141. The number of urea groups is 1. The zero-order chi connectivity index (χ0) is 15.1. The largest absolute Gasteiger partial charge is 0.469 e. The molecule has 114 valence electrons. The van der Waals surface area contributed by atoms with E-state index in [0.29, 0.717) is 26.1 Å². The quantitative estimate of drug-likeness (QED) is 0.852. The minimum absolute atomic E-state index is 0.0752. The third-order valence-corrected chi connectivity index (χ3v) is 3.54. The second kappa shape index (κ2) is 7.64. The average molecular weight is 291 g/mol. The van der Waals surface area contributed by atoms with E-state index >= 15 is 0 Å². The van der Waals surface area contributed by atoms with Crippen molar-refractivity contribution in [3.05, 3.63) is 30.3 Å². The lowest BCUT2D eigenvalue weighted by Gasteiger charge is -2.34. The molecule has 1 aliphatic rings. The standard InChI is InChI=1S/C15H21N3O3/c1-21-14(19)7-8-17-9-11-18(12-10-17)15(20)16-13-5-3-2-4-6-13/h2-6H,7-12H2,1H3,(H,16,20). The van der Waals surface area contributed by atoms with Gasteiger partial charge in [0.1, 0.15) is 0 Å². The first-order valence-electron chi connectivity index (χ1n) is 7.09. The van der Waals surface area contributed by atoms with Gasteiger partial charge in [0.05, 0.1) is 13.5 Å². The van der Waals surface area contributed by atoms with E-state index in [4.69, 9.17) is 0 Å². The molecule has 0 radical (unpaired) electrons. The van der Waals surface area contributed by atoms with Crippen LogP contribution in [0.2, 0.25) is 0 Å². The molecule has 6 nitrogen and oxygen atoms in total. The van der Waals surface area contributed by atoms with Crippen LogP contribution < -0.4 is 5.32 Å². The zero-order valence-electron chi connectivity index (χ0n) is 12.2. The van der Waals surface area contributed by atoms with Crippen molar-refractivity contribution < 1.29 is 14.3 Å². The monoisotopic (exact) mass is 291 g/mol. The van der Waals surface area contributed by atoms with Crippen LogP contribution in [0.25, 0.3) is 0 Å². The number of methoxy groups -OCH3 is 1. The first-order chi connectivity index (χ1) is 10.2. The minimum atomic E-state index is -0.195. The summed E-state index contributed by atoms with van der Waals surface area (Å²) in [6.45, 7) is 3.57. The summed E-state index contributed by atoms with van der Waals surface area (Å²) in [5, 5.41) is 2.88. The highest BCUT2D eigenvalue weighted by Gasteiger charge is 2.21. The summed E-state index contributed by atoms with van der Waals surface area (Å²) in [4.78, 5) is 27.2. The predicted molar refractivity (Wildman–Crippen MR) is 80.1 cm³/mol. The van der Waals surface area contributed by atoms with Crippen molar-refractivity contribution in [1.29, 1.82) is 0 Å². The van der Waals surface area contributed by atoms with E-state index in [9.17, 15) is 9.59 Å². The highest BCUT2D eigenvalue weighted by atomic mass is 16.5. The molecule has 1 heterocycles. The fraction of sp³-hybridized carbons (Fsp3) is 0.467. The number of amides is 2. The number of nitrogens with zero attached hydrogens (tertiary/aromatic N) is 2. The van der Waals surface area contributed by atoms with Crippen molar-refractivity contribution in [1.82, 2.24) is 9.80 Å². The van der Waals surface area contributed by atoms with Gasteiger partial charge in [0, 0.05) is 38.4 Å². The molecule has 1 aromatic rings. The number of anilines is 1. The molecule has 2 rings (SSSR count). The van der Waals surface area contributed by atoms with Gasteiger partial charge in [0.25, 0.3) is 0 Å². The molecule has 0 saturated carbocycles. The van der Waals surface area contributed by atoms with E-state index in [2.05, 4.69) is 15.0 Å². The summed E-state index contributed by atoms with van der Waals surface area (Å²) in [5.74, 6) is -0.195. The van der Waals surface area contributed by atoms with Gasteiger partial charge in [0.2, 0.25) is 0 Å². The average Bonchev–Trinajstić information content (AvgIpc) is 2.54. The van der Waals surface area contributed by atoms with Crippen LogP contribution in [-0.2, 0) is 9.53 Å². The van der Waals surface area contributed by atoms with Crippen LogP contribution in [-0.4, -0.2) is 61.6 Å². The van der Waals surface area contributed by atoms with Crippen LogP contribution in [0.5, 0.6) is 0 Å². The number of para-hydroxylation sites is 1. The maximum absolute atomic E-state index is 12.1. The van der Waals surface area contributed by atoms with Crippen molar-refractivity contribution >= 4 is 17.7 Å². The number of piperazine rings is 1. The molecule has 2 amide bonds. The van der Waals surface area contributed by atoms with Crippen molar-refractivity contribution in [3.8, 4) is 0 Å². The van der Waals surface area contributed by atoms with Crippen LogP contribution in [0.15, 0.2) is 30.3 Å². The molecule has 1 fully saturated rings. The zero-order valence-corrected chi connectivity index (χ0v) is 12.2. The molecule has 21 heavy (non-hydrogen) atoms. The molecule has 0 spiro atoms. The molecule has 1 saturated heterocycles. The number of nitrogens with one attached hydrogen (secondary N) is 1. The summed E-state index contributed by atoms with van der Waals surface area (Å²) in [6, 6.07) is 9.35. The lowest BCUT2D eigenvalue weighted by atomic mass is 10.3. The number of hydrogen-bond acceptors (Lipinski definition) is 4. The molecule has 1 aliphatic heterocycles. The molecule has 0 atom stereocenters. The molecule has 0 unspecified atom stereocenters. The smallest absolute Gasteiger partial charge is 0.321 e. The Morgan fingerprint density at radius 3 is 2.43 bits per heavy atom. The fourth-order valence-electron chi connectivity index (χ4n) is 2.25. The van der Waals surface area contributed by atoms with Gasteiger partial charge in [-0.25, -0.2) is 4.79 Å². The van der Waals surface area contributed by atoms with Gasteiger partial charge < -0.3 is 15.0 Å². The first-order valence-corrected chi connectivity index (χ1v) is 7.09. The van der Waals surface area contributed by atoms with Gasteiger partial charge in [-0.05, 0) is 12.1 Å². The van der Waals surface area contributed by atoms with Crippen molar-refractivity contribution in [2.45, 2.75) is 6.42 Å². The van der Waals surface area contributed by atoms with Gasteiger partial charge in [-0.3, -0.25) is 9.69 Å². The third-order valence-electron chi connectivity index (χ3n) is 3.54. The highest BCUT2D eigenvalue weighted by Crippen LogP contribution is 2.09. The molecule has 1 aromatic carbocycles. The van der Waals surface area contributed by atoms with Crippen LogP contribution in [0.3, 0.4) is 0 Å². The topological polar surface area (TPSA) is 61.9 Å². The summed E-state index contributed by atoms with van der Waals surface area (Å²) in [6.07, 6.45) is 0.396. The number of rotatable bonds is 4. The van der Waals surface area contributed by atoms with Gasteiger partial charge in [-0.2, -0.15) is 0 Å². The first kappa shape index (κ1) is 15.3. The van der Waals surface area contributed by atoms with Gasteiger partial charge in [0.15, 0.2) is 0 Å². The van der Waals surface area contributed by atoms with E-state index in [1.54, 1.807) is 4.90 Å². The SMILES string of the molecule is COC(=O)CCN1CCN(C(=O)Nc2ccccc2)CC1. The normalized spacial score (nSPS) is 15.6. The number of esters is 1. The molecule has 0 bridgehead atoms. The number of benzene rings is 1. The molecular formula is C15H21N3O3. The second-order valence-corrected chi connectivity index (χ2v) is 4.95. The van der Waals surface area contributed by atoms with Crippen molar-refractivity contribution in [2.75, 3.05) is 45.2 Å². The Bertz CT molecular complexity index is 470. The summed E-state index contributed by atoms with van der Waals surface area (Å²) in [5.41, 5.74) is 0.802. The van der Waals surface area contributed by atoms with Crippen LogP contribution >= 0.6 is 0 Å². The number of carbonyl (C=O) groups is 2. The van der Waals surface area contributed by atoms with Gasteiger partial charge in [-0.15, -0.1) is 0 Å². The van der Waals surface area contributed by atoms with Gasteiger partial charge >= 0.3 is 12.0 Å². The van der Waals surface area contributed by atoms with Crippen LogP contribution in [0.1, 0.15) is 6.42 Å². The molecule has 1 N–H and O–H groups in total. The Morgan fingerprint density at radius 2 is 1.81 bits per heavy atom. The Balaban J connectivity index is 1.73. The van der Waals surface area contributed by atoms with E-state index in [-0.39, 0.29) is 12.0 Å². The number of hydrogen-bond donors (Lipinski definition) is 1. The fourth-order valence-corrected chi connectivity index (χ4v) is 2.25. The number of ether oxygens (including phenoxy) is 1. The number of carbonyl (C=O) groups excluding carboxylic acids is 2. The van der Waals surface area contributed by atoms with Crippen LogP contribution in [0, 0.1) is 0 Å². The second-order valence-electron chi connectivity index (χ2n) is 4.95. The lowest BCUT2D eigenvalue weighted by Crippen LogP contribution is -2.50. The maximum atomic E-state index is 12.1. The Labute approximate surface area is 124 Å². The highest BCUT2D eigenvalue weighted by molar-refractivity contribution is 5.89. The van der Waals surface area contributed by atoms with Crippen molar-refractivity contribution in [2.24, 2.45) is 0 Å². The molecule has 0 aliphatic carbocycles. The molecule has 0 aromatic heterocycles. The van der Waals surface area contributed by atoms with Crippen LogP contribution in [0.4, 0.5) is 10.5 Å². The third kappa shape index (κ3) is 4.75. The Hall–Kier alpha value is -2.08. The Morgan fingerprint density at radius 1 is 1.14 bits per heavy atom. The van der Waals surface area contributed by atoms with E-state index in [1.165, 1.54) is 7.11 Å². The van der Waals surface area contributed by atoms with E-state index in [1.807, 2.05) is 30.3 Å². The van der Waals surface area contributed by atoms with E-state index < -0.39 is 0 Å². The minimum Gasteiger partial charge on any atom is -0.469 e. The summed E-state index contributed by atoms with van der Waals surface area (Å²) < 4.78 is 4.63. The van der Waals surface area contributed by atoms with Crippen molar-refractivity contribution in [3.63, 3.8) is 0 Å². The predicted octanol–water partition coefficient (Wildman–Crippen LogP) is 1.40. The van der Waals surface area contributed by atoms with E-state index in [0.717, 1.165) is 18.8 Å². The van der Waals surface area contributed by atoms with Gasteiger partial charge in [-0.1, -0.05) is 18.2 Å². The summed E-state index contributed by atoms with van der Waals surface area (Å²) in [7, 11) is 1.40. The molecule has 6 heteroatoms. The summed E-state index contributed by atoms with van der Waals surface area (Å²) >= 11 is 0.